The number of aliphatic hydroxyl groups is 1. The number of benzene rings is 1. The first-order valence-corrected chi connectivity index (χ1v) is 6.34. The zero-order chi connectivity index (χ0) is 13.9. The van der Waals surface area contributed by atoms with E-state index < -0.39 is 22.6 Å². The van der Waals surface area contributed by atoms with Crippen molar-refractivity contribution >= 4 is 24.7 Å². The van der Waals surface area contributed by atoms with Crippen molar-refractivity contribution in [3.05, 3.63) is 60.2 Å². The lowest BCUT2D eigenvalue weighted by molar-refractivity contribution is -0.132. The first-order chi connectivity index (χ1) is 9.08. The molecule has 0 spiro atoms. The second-order valence-corrected chi connectivity index (χ2v) is 5.22. The van der Waals surface area contributed by atoms with Gasteiger partial charge in [-0.1, -0.05) is 54.6 Å². The molecule has 1 N–H and O–H groups in total. The van der Waals surface area contributed by atoms with Crippen molar-refractivity contribution in [2.45, 2.75) is 10.9 Å². The third kappa shape index (κ3) is 2.69. The summed E-state index contributed by atoms with van der Waals surface area (Å²) in [5.41, 5.74) is 0.511. The van der Waals surface area contributed by atoms with Crippen LogP contribution in [0.4, 0.5) is 0 Å². The molecule has 1 aliphatic carbocycles. The zero-order valence-electron chi connectivity index (χ0n) is 10.1. The maximum absolute atomic E-state index is 12.3. The summed E-state index contributed by atoms with van der Waals surface area (Å²) in [7, 11) is 0. The molecular formula is C15H14O3S. The van der Waals surface area contributed by atoms with Crippen LogP contribution in [0.15, 0.2) is 54.6 Å². The van der Waals surface area contributed by atoms with Crippen LogP contribution in [0.3, 0.4) is 0 Å². The quantitative estimate of drug-likeness (QED) is 0.651. The Labute approximate surface area is 117 Å². The van der Waals surface area contributed by atoms with Gasteiger partial charge in [0.05, 0.1) is 10.7 Å². The number of carbonyl (C=O) groups is 2. The van der Waals surface area contributed by atoms with Crippen molar-refractivity contribution in [1.29, 1.82) is 0 Å². The van der Waals surface area contributed by atoms with Crippen LogP contribution < -0.4 is 0 Å². The minimum atomic E-state index is -1.26. The van der Waals surface area contributed by atoms with Crippen molar-refractivity contribution in [2.24, 2.45) is 5.92 Å². The molecule has 0 saturated heterocycles. The van der Waals surface area contributed by atoms with E-state index in [2.05, 4.69) is 12.6 Å². The van der Waals surface area contributed by atoms with Crippen LogP contribution in [-0.4, -0.2) is 21.9 Å². The summed E-state index contributed by atoms with van der Waals surface area (Å²) in [6.07, 6.45) is 5.86. The van der Waals surface area contributed by atoms with Crippen molar-refractivity contribution in [3.63, 3.8) is 0 Å². The van der Waals surface area contributed by atoms with Crippen molar-refractivity contribution in [1.82, 2.24) is 0 Å². The summed E-state index contributed by atoms with van der Waals surface area (Å²) >= 11 is 4.25. The highest BCUT2D eigenvalue weighted by molar-refractivity contribution is 7.83. The third-order valence-corrected chi connectivity index (χ3v) is 3.69. The standard InChI is InChI=1S/C15H14O3S/c16-10-15(19)9-5-4-8-12(15)14(18)13(17)11-6-2-1-3-7-11/h1-10,12-13,17,19H. The minimum absolute atomic E-state index is 0.436. The predicted molar refractivity (Wildman–Crippen MR) is 76.0 cm³/mol. The number of carbonyl (C=O) groups excluding carboxylic acids is 2. The number of rotatable bonds is 4. The van der Waals surface area contributed by atoms with Gasteiger partial charge in [0.25, 0.3) is 0 Å². The van der Waals surface area contributed by atoms with Crippen LogP contribution in [0.5, 0.6) is 0 Å². The molecule has 0 saturated carbocycles. The lowest BCUT2D eigenvalue weighted by atomic mass is 9.82. The summed E-state index contributed by atoms with van der Waals surface area (Å²) < 4.78 is -1.19. The Kier molecular flexibility index (Phi) is 4.02. The third-order valence-electron chi connectivity index (χ3n) is 3.16. The van der Waals surface area contributed by atoms with E-state index in [1.807, 2.05) is 0 Å². The highest BCUT2D eigenvalue weighted by atomic mass is 32.1. The van der Waals surface area contributed by atoms with E-state index in [1.54, 1.807) is 54.6 Å². The molecule has 0 radical (unpaired) electrons. The highest BCUT2D eigenvalue weighted by Crippen LogP contribution is 2.33. The Morgan fingerprint density at radius 3 is 2.63 bits per heavy atom. The van der Waals surface area contributed by atoms with E-state index in [0.717, 1.165) is 0 Å². The second kappa shape index (κ2) is 5.55. The van der Waals surface area contributed by atoms with E-state index in [9.17, 15) is 14.7 Å². The molecule has 3 unspecified atom stereocenters. The van der Waals surface area contributed by atoms with Gasteiger partial charge in [0.2, 0.25) is 0 Å². The molecule has 1 aliphatic rings. The first-order valence-electron chi connectivity index (χ1n) is 5.90. The topological polar surface area (TPSA) is 54.4 Å². The molecule has 3 atom stereocenters. The molecule has 0 fully saturated rings. The largest absolute Gasteiger partial charge is 0.381 e. The average molecular weight is 274 g/mol. The average Bonchev–Trinajstić information content (AvgIpc) is 2.47. The van der Waals surface area contributed by atoms with Gasteiger partial charge in [-0.2, -0.15) is 12.6 Å². The summed E-state index contributed by atoms with van der Waals surface area (Å²) in [4.78, 5) is 23.5. The first kappa shape index (κ1) is 13.8. The fourth-order valence-corrected chi connectivity index (χ4v) is 2.35. The molecular weight excluding hydrogens is 260 g/mol. The molecule has 1 aromatic rings. The number of Topliss-reactive ketones (excluding diaryl/α,β-unsaturated/α-hetero) is 1. The van der Waals surface area contributed by atoms with Crippen LogP contribution in [0.1, 0.15) is 11.7 Å². The highest BCUT2D eigenvalue weighted by Gasteiger charge is 2.40. The summed E-state index contributed by atoms with van der Waals surface area (Å²) in [5, 5.41) is 10.1. The van der Waals surface area contributed by atoms with E-state index in [1.165, 1.54) is 0 Å². The van der Waals surface area contributed by atoms with Crippen LogP contribution in [0, 0.1) is 5.92 Å². The monoisotopic (exact) mass is 274 g/mol. The molecule has 0 bridgehead atoms. The Bertz CT molecular complexity index is 536. The molecule has 0 aromatic heterocycles. The fourth-order valence-electron chi connectivity index (χ4n) is 2.05. The number of thiol groups is 1. The molecule has 0 heterocycles. The predicted octanol–water partition coefficient (Wildman–Crippen LogP) is 1.90. The van der Waals surface area contributed by atoms with Crippen LogP contribution >= 0.6 is 12.6 Å². The van der Waals surface area contributed by atoms with Crippen LogP contribution in [0.2, 0.25) is 0 Å². The molecule has 0 aliphatic heterocycles. The Morgan fingerprint density at radius 2 is 2.00 bits per heavy atom. The number of aliphatic hydroxyl groups excluding tert-OH is 1. The smallest absolute Gasteiger partial charge is 0.174 e. The normalized spacial score (nSPS) is 26.9. The summed E-state index contributed by atoms with van der Waals surface area (Å²) in [5.74, 6) is -1.21. The van der Waals surface area contributed by atoms with Crippen molar-refractivity contribution < 1.29 is 14.7 Å². The number of ketones is 1. The van der Waals surface area contributed by atoms with Gasteiger partial charge in [-0.25, -0.2) is 0 Å². The maximum Gasteiger partial charge on any atom is 0.174 e. The van der Waals surface area contributed by atoms with E-state index in [0.29, 0.717) is 11.8 Å². The number of aldehydes is 1. The number of allylic oxidation sites excluding steroid dienone is 3. The number of hydrogen-bond acceptors (Lipinski definition) is 4. The Hall–Kier alpha value is -1.65. The van der Waals surface area contributed by atoms with Crippen LogP contribution in [-0.2, 0) is 9.59 Å². The molecule has 1 aromatic carbocycles. The zero-order valence-corrected chi connectivity index (χ0v) is 11.0. The van der Waals surface area contributed by atoms with Crippen LogP contribution in [0.25, 0.3) is 0 Å². The van der Waals surface area contributed by atoms with Crippen molar-refractivity contribution in [2.75, 3.05) is 0 Å². The molecule has 0 amide bonds. The fraction of sp³-hybridized carbons (Fsp3) is 0.200. The van der Waals surface area contributed by atoms with Gasteiger partial charge >= 0.3 is 0 Å². The molecule has 4 heteroatoms. The van der Waals surface area contributed by atoms with Gasteiger partial charge in [0.1, 0.15) is 12.4 Å². The van der Waals surface area contributed by atoms with Gasteiger partial charge in [-0.05, 0) is 5.56 Å². The molecule has 19 heavy (non-hydrogen) atoms. The Balaban J connectivity index is 2.27. The van der Waals surface area contributed by atoms with Gasteiger partial charge in [0.15, 0.2) is 5.78 Å². The van der Waals surface area contributed by atoms with E-state index in [4.69, 9.17) is 0 Å². The maximum atomic E-state index is 12.3. The SMILES string of the molecule is O=CC1(S)C=CC=CC1C(=O)C(O)c1ccccc1. The summed E-state index contributed by atoms with van der Waals surface area (Å²) in [6, 6.07) is 8.64. The lowest BCUT2D eigenvalue weighted by Crippen LogP contribution is -2.39. The van der Waals surface area contributed by atoms with E-state index >= 15 is 0 Å². The lowest BCUT2D eigenvalue weighted by Gasteiger charge is -2.29. The van der Waals surface area contributed by atoms with Gasteiger partial charge in [0, 0.05) is 0 Å². The molecule has 98 valence electrons. The van der Waals surface area contributed by atoms with Gasteiger partial charge in [-0.3, -0.25) is 4.79 Å². The minimum Gasteiger partial charge on any atom is -0.381 e. The Morgan fingerprint density at radius 1 is 1.32 bits per heavy atom. The van der Waals surface area contributed by atoms with E-state index in [-0.39, 0.29) is 0 Å². The van der Waals surface area contributed by atoms with Crippen molar-refractivity contribution in [3.8, 4) is 0 Å². The van der Waals surface area contributed by atoms with Gasteiger partial charge < -0.3 is 9.90 Å². The molecule has 2 rings (SSSR count). The number of hydrogen-bond donors (Lipinski definition) is 2. The van der Waals surface area contributed by atoms with Gasteiger partial charge in [-0.15, -0.1) is 0 Å². The molecule has 3 nitrogen and oxygen atoms in total. The summed E-state index contributed by atoms with van der Waals surface area (Å²) in [6.45, 7) is 0. The second-order valence-electron chi connectivity index (χ2n) is 4.44.